The van der Waals surface area contributed by atoms with Crippen molar-refractivity contribution in [1.29, 1.82) is 0 Å². The molecule has 0 bridgehead atoms. The molecule has 1 aromatic carbocycles. The first kappa shape index (κ1) is 20.2. The SMILES string of the molecule is O=C(CSc1nnc(-c2ccncc2)n1CC1CCCO1)N1CCCc2ccccc21. The number of rotatable bonds is 6. The second-order valence-electron chi connectivity index (χ2n) is 7.85. The van der Waals surface area contributed by atoms with Crippen molar-refractivity contribution in [1.82, 2.24) is 19.7 Å². The molecule has 1 amide bonds. The minimum atomic E-state index is 0.106. The van der Waals surface area contributed by atoms with Crippen LogP contribution in [0.2, 0.25) is 0 Å². The molecule has 8 heteroatoms. The lowest BCUT2D eigenvalue weighted by atomic mass is 10.0. The van der Waals surface area contributed by atoms with Gasteiger partial charge in [0.1, 0.15) is 0 Å². The van der Waals surface area contributed by atoms with Crippen molar-refractivity contribution < 1.29 is 9.53 Å². The number of ether oxygens (including phenoxy) is 1. The Morgan fingerprint density at radius 1 is 1.13 bits per heavy atom. The number of pyridine rings is 1. The van der Waals surface area contributed by atoms with E-state index in [4.69, 9.17) is 4.74 Å². The summed E-state index contributed by atoms with van der Waals surface area (Å²) in [5.74, 6) is 1.22. The normalized spacial score (nSPS) is 18.2. The Morgan fingerprint density at radius 3 is 2.84 bits per heavy atom. The summed E-state index contributed by atoms with van der Waals surface area (Å²) in [5.41, 5.74) is 3.25. The smallest absolute Gasteiger partial charge is 0.237 e. The van der Waals surface area contributed by atoms with Gasteiger partial charge < -0.3 is 9.64 Å². The number of fused-ring (bicyclic) bond motifs is 1. The Kier molecular flexibility index (Phi) is 5.99. The Labute approximate surface area is 185 Å². The van der Waals surface area contributed by atoms with E-state index in [0.717, 1.165) is 61.1 Å². The number of carbonyl (C=O) groups excluding carboxylic acids is 1. The predicted octanol–water partition coefficient (Wildman–Crippen LogP) is 3.59. The van der Waals surface area contributed by atoms with Gasteiger partial charge in [-0.25, -0.2) is 0 Å². The number of benzene rings is 1. The van der Waals surface area contributed by atoms with Gasteiger partial charge in [0.15, 0.2) is 11.0 Å². The Morgan fingerprint density at radius 2 is 2.00 bits per heavy atom. The fourth-order valence-corrected chi connectivity index (χ4v) is 5.09. The van der Waals surface area contributed by atoms with Gasteiger partial charge in [-0.1, -0.05) is 30.0 Å². The van der Waals surface area contributed by atoms with Crippen LogP contribution in [-0.2, 0) is 22.5 Å². The fourth-order valence-electron chi connectivity index (χ4n) is 4.26. The second kappa shape index (κ2) is 9.20. The molecule has 0 aliphatic carbocycles. The molecule has 1 fully saturated rings. The molecule has 5 rings (SSSR count). The summed E-state index contributed by atoms with van der Waals surface area (Å²) in [4.78, 5) is 19.1. The average Bonchev–Trinajstić information content (AvgIpc) is 3.48. The molecule has 2 aliphatic heterocycles. The number of amides is 1. The van der Waals surface area contributed by atoms with Crippen molar-refractivity contribution in [3.05, 3.63) is 54.4 Å². The van der Waals surface area contributed by atoms with Crippen LogP contribution >= 0.6 is 11.8 Å². The third-order valence-electron chi connectivity index (χ3n) is 5.80. The number of hydrogen-bond acceptors (Lipinski definition) is 6. The lowest BCUT2D eigenvalue weighted by Gasteiger charge is -2.29. The van der Waals surface area contributed by atoms with Crippen LogP contribution in [0.4, 0.5) is 5.69 Å². The Balaban J connectivity index is 1.35. The van der Waals surface area contributed by atoms with Gasteiger partial charge in [0.05, 0.1) is 18.4 Å². The van der Waals surface area contributed by atoms with Gasteiger partial charge in [-0.15, -0.1) is 10.2 Å². The van der Waals surface area contributed by atoms with E-state index in [9.17, 15) is 4.79 Å². The van der Waals surface area contributed by atoms with E-state index in [-0.39, 0.29) is 12.0 Å². The van der Waals surface area contributed by atoms with E-state index < -0.39 is 0 Å². The third kappa shape index (κ3) is 4.36. The van der Waals surface area contributed by atoms with E-state index in [1.165, 1.54) is 17.3 Å². The monoisotopic (exact) mass is 435 g/mol. The van der Waals surface area contributed by atoms with E-state index >= 15 is 0 Å². The molecule has 4 heterocycles. The second-order valence-corrected chi connectivity index (χ2v) is 8.80. The number of para-hydroxylation sites is 1. The van der Waals surface area contributed by atoms with Crippen molar-refractivity contribution >= 4 is 23.4 Å². The maximum absolute atomic E-state index is 13.1. The van der Waals surface area contributed by atoms with Crippen LogP contribution in [0.1, 0.15) is 24.8 Å². The molecule has 0 radical (unpaired) electrons. The molecule has 1 atom stereocenters. The number of thioether (sulfide) groups is 1. The summed E-state index contributed by atoms with van der Waals surface area (Å²) in [6, 6.07) is 12.0. The van der Waals surface area contributed by atoms with Crippen LogP contribution in [0.15, 0.2) is 53.9 Å². The van der Waals surface area contributed by atoms with Crippen LogP contribution in [-0.4, -0.2) is 50.7 Å². The van der Waals surface area contributed by atoms with Crippen LogP contribution < -0.4 is 4.90 Å². The molecule has 1 saturated heterocycles. The summed E-state index contributed by atoms with van der Waals surface area (Å²) >= 11 is 1.45. The van der Waals surface area contributed by atoms with Crippen LogP contribution in [0.3, 0.4) is 0 Å². The standard InChI is InChI=1S/C23H25N5O2S/c29-21(27-13-3-6-17-5-1-2-8-20(17)27)16-31-23-26-25-22(18-9-11-24-12-10-18)28(23)15-19-7-4-14-30-19/h1-2,5,8-12,19H,3-4,6-7,13-16H2. The molecule has 2 aliphatic rings. The maximum Gasteiger partial charge on any atom is 0.237 e. The van der Waals surface area contributed by atoms with Gasteiger partial charge >= 0.3 is 0 Å². The Bertz CT molecular complexity index is 1050. The lowest BCUT2D eigenvalue weighted by molar-refractivity contribution is -0.116. The minimum absolute atomic E-state index is 0.106. The molecule has 0 saturated carbocycles. The molecule has 160 valence electrons. The first-order valence-electron chi connectivity index (χ1n) is 10.8. The molecule has 0 spiro atoms. The maximum atomic E-state index is 13.1. The van der Waals surface area contributed by atoms with Crippen LogP contribution in [0, 0.1) is 0 Å². The van der Waals surface area contributed by atoms with Crippen LogP contribution in [0.5, 0.6) is 0 Å². The largest absolute Gasteiger partial charge is 0.376 e. The number of hydrogen-bond donors (Lipinski definition) is 0. The topological polar surface area (TPSA) is 73.1 Å². The van der Waals surface area contributed by atoms with E-state index in [1.54, 1.807) is 12.4 Å². The fraction of sp³-hybridized carbons (Fsp3) is 0.391. The predicted molar refractivity (Wildman–Crippen MR) is 120 cm³/mol. The van der Waals surface area contributed by atoms with Gasteiger partial charge in [0.2, 0.25) is 5.91 Å². The molecular weight excluding hydrogens is 410 g/mol. The number of aromatic nitrogens is 4. The number of nitrogens with zero attached hydrogens (tertiary/aromatic N) is 5. The van der Waals surface area contributed by atoms with Gasteiger partial charge in [0, 0.05) is 36.8 Å². The summed E-state index contributed by atoms with van der Waals surface area (Å²) in [5, 5.41) is 9.61. The van der Waals surface area contributed by atoms with Crippen molar-refractivity contribution in [3.8, 4) is 11.4 Å². The summed E-state index contributed by atoms with van der Waals surface area (Å²) in [6.07, 6.45) is 7.79. The first-order chi connectivity index (χ1) is 15.3. The van der Waals surface area contributed by atoms with Crippen molar-refractivity contribution in [3.63, 3.8) is 0 Å². The summed E-state index contributed by atoms with van der Waals surface area (Å²) in [7, 11) is 0. The zero-order chi connectivity index (χ0) is 21.0. The highest BCUT2D eigenvalue weighted by molar-refractivity contribution is 7.99. The highest BCUT2D eigenvalue weighted by Crippen LogP contribution is 2.30. The van der Waals surface area contributed by atoms with E-state index in [2.05, 4.69) is 25.8 Å². The minimum Gasteiger partial charge on any atom is -0.376 e. The quantitative estimate of drug-likeness (QED) is 0.551. The van der Waals surface area contributed by atoms with E-state index in [1.807, 2.05) is 35.2 Å². The van der Waals surface area contributed by atoms with Crippen molar-refractivity contribution in [2.45, 2.75) is 43.5 Å². The third-order valence-corrected chi connectivity index (χ3v) is 6.75. The van der Waals surface area contributed by atoms with Crippen LogP contribution in [0.25, 0.3) is 11.4 Å². The average molecular weight is 436 g/mol. The molecule has 0 N–H and O–H groups in total. The number of carbonyl (C=O) groups is 1. The zero-order valence-corrected chi connectivity index (χ0v) is 18.1. The summed E-state index contributed by atoms with van der Waals surface area (Å²) in [6.45, 7) is 2.25. The highest BCUT2D eigenvalue weighted by atomic mass is 32.2. The molecule has 2 aromatic heterocycles. The molecule has 31 heavy (non-hydrogen) atoms. The van der Waals surface area contributed by atoms with Gasteiger partial charge in [-0.2, -0.15) is 0 Å². The summed E-state index contributed by atoms with van der Waals surface area (Å²) < 4.78 is 7.95. The number of anilines is 1. The van der Waals surface area contributed by atoms with Gasteiger partial charge in [-0.3, -0.25) is 14.3 Å². The first-order valence-corrected chi connectivity index (χ1v) is 11.7. The molecule has 1 unspecified atom stereocenters. The van der Waals surface area contributed by atoms with Gasteiger partial charge in [0.25, 0.3) is 0 Å². The molecule has 7 nitrogen and oxygen atoms in total. The van der Waals surface area contributed by atoms with Gasteiger partial charge in [-0.05, 0) is 49.4 Å². The lowest BCUT2D eigenvalue weighted by Crippen LogP contribution is -2.36. The Hall–Kier alpha value is -2.71. The molecular formula is C23H25N5O2S. The van der Waals surface area contributed by atoms with Crippen molar-refractivity contribution in [2.24, 2.45) is 0 Å². The molecule has 3 aromatic rings. The zero-order valence-electron chi connectivity index (χ0n) is 17.3. The van der Waals surface area contributed by atoms with E-state index in [0.29, 0.717) is 12.3 Å². The highest BCUT2D eigenvalue weighted by Gasteiger charge is 2.25. The number of aryl methyl sites for hydroxylation is 1. The van der Waals surface area contributed by atoms with Crippen molar-refractivity contribution in [2.75, 3.05) is 23.8 Å².